The number of likely N-dealkylation sites (tertiary alicyclic amines) is 1. The Kier molecular flexibility index (Phi) is 14.6. The first-order chi connectivity index (χ1) is 20.1. The molecule has 44 heavy (non-hydrogen) atoms. The van der Waals surface area contributed by atoms with Gasteiger partial charge in [-0.15, -0.1) is 11.3 Å². The summed E-state index contributed by atoms with van der Waals surface area (Å²) in [6.07, 6.45) is -9.41. The fourth-order valence-electron chi connectivity index (χ4n) is 3.62. The van der Waals surface area contributed by atoms with Crippen molar-refractivity contribution >= 4 is 29.2 Å². The maximum Gasteiger partial charge on any atom is 0.490 e. The van der Waals surface area contributed by atoms with E-state index >= 15 is 0 Å². The number of morpholine rings is 1. The summed E-state index contributed by atoms with van der Waals surface area (Å²) in [4.78, 5) is 36.1. The summed E-state index contributed by atoms with van der Waals surface area (Å²) in [6, 6.07) is 4.01. The Morgan fingerprint density at radius 1 is 0.841 bits per heavy atom. The predicted octanol–water partition coefficient (Wildman–Crippen LogP) is 4.50. The van der Waals surface area contributed by atoms with Gasteiger partial charge in [0.05, 0.1) is 31.6 Å². The van der Waals surface area contributed by atoms with Gasteiger partial charge in [-0.2, -0.15) is 39.5 Å². The molecule has 1 spiro atoms. The topological polar surface area (TPSA) is 154 Å². The Morgan fingerprint density at radius 3 is 1.73 bits per heavy atom. The van der Waals surface area contributed by atoms with E-state index in [1.54, 1.807) is 17.6 Å². The lowest BCUT2D eigenvalue weighted by molar-refractivity contribution is -0.193. The van der Waals surface area contributed by atoms with Gasteiger partial charge in [0.15, 0.2) is 0 Å². The van der Waals surface area contributed by atoms with Gasteiger partial charge in [0.25, 0.3) is 0 Å². The number of carboxylic acid groups (broad SMARTS) is 3. The molecule has 11 nitrogen and oxygen atoms in total. The lowest BCUT2D eigenvalue weighted by Gasteiger charge is -2.47. The molecular weight excluding hydrogens is 649 g/mol. The maximum absolute atomic E-state index is 10.6. The fourth-order valence-corrected chi connectivity index (χ4v) is 4.28. The molecule has 0 aliphatic carbocycles. The van der Waals surface area contributed by atoms with E-state index in [9.17, 15) is 39.5 Å². The molecule has 0 amide bonds. The number of aromatic nitrogens is 1. The summed E-state index contributed by atoms with van der Waals surface area (Å²) >= 11 is 1.74. The van der Waals surface area contributed by atoms with Gasteiger partial charge >= 0.3 is 36.4 Å². The summed E-state index contributed by atoms with van der Waals surface area (Å²) in [5.74, 6) is -7.22. The van der Waals surface area contributed by atoms with Crippen molar-refractivity contribution in [3.8, 4) is 0 Å². The van der Waals surface area contributed by atoms with Crippen LogP contribution >= 0.6 is 11.3 Å². The standard InChI is InChI=1S/C17H23N3O2S.3C2HF3O2/c1-2-15(21-9-1)12-19-6-3-17(4-7-19)14-20(8-10-22-17)13-16-18-5-11-23-16;3*3-2(4,5)1(6)7/h1-2,5,9,11H,3-4,6-8,10,12-14H2;3*(H,6,7). The molecule has 2 aliphatic heterocycles. The van der Waals surface area contributed by atoms with Gasteiger partial charge in [-0.1, -0.05) is 0 Å². The van der Waals surface area contributed by atoms with E-state index in [1.165, 1.54) is 5.01 Å². The number of halogens is 9. The van der Waals surface area contributed by atoms with Gasteiger partial charge in [0, 0.05) is 37.8 Å². The molecule has 4 rings (SSSR count). The van der Waals surface area contributed by atoms with Gasteiger partial charge in [0.1, 0.15) is 10.8 Å². The highest BCUT2D eigenvalue weighted by molar-refractivity contribution is 7.09. The van der Waals surface area contributed by atoms with E-state index in [0.29, 0.717) is 0 Å². The lowest BCUT2D eigenvalue weighted by atomic mass is 9.89. The van der Waals surface area contributed by atoms with Crippen LogP contribution in [-0.2, 0) is 32.2 Å². The van der Waals surface area contributed by atoms with Crippen LogP contribution in [0.3, 0.4) is 0 Å². The number of carboxylic acids is 3. The molecule has 250 valence electrons. The minimum atomic E-state index is -5.08. The van der Waals surface area contributed by atoms with E-state index in [0.717, 1.165) is 64.5 Å². The van der Waals surface area contributed by atoms with Crippen LogP contribution in [0, 0.1) is 0 Å². The van der Waals surface area contributed by atoms with Gasteiger partial charge in [-0.3, -0.25) is 9.80 Å². The van der Waals surface area contributed by atoms with E-state index in [4.69, 9.17) is 38.9 Å². The van der Waals surface area contributed by atoms with E-state index in [-0.39, 0.29) is 5.60 Å². The number of rotatable bonds is 4. The Morgan fingerprint density at radius 2 is 1.34 bits per heavy atom. The first-order valence-corrected chi connectivity index (χ1v) is 12.9. The number of carbonyl (C=O) groups is 3. The van der Waals surface area contributed by atoms with Crippen LogP contribution in [0.25, 0.3) is 0 Å². The van der Waals surface area contributed by atoms with Crippen LogP contribution < -0.4 is 0 Å². The molecule has 0 atom stereocenters. The highest BCUT2D eigenvalue weighted by atomic mass is 32.1. The van der Waals surface area contributed by atoms with Gasteiger partial charge < -0.3 is 24.5 Å². The average Bonchev–Trinajstić information content (AvgIpc) is 3.60. The van der Waals surface area contributed by atoms with Crippen LogP contribution in [0.1, 0.15) is 23.6 Å². The Bertz CT molecular complexity index is 1090. The number of alkyl halides is 9. The number of thiazole rings is 1. The zero-order valence-electron chi connectivity index (χ0n) is 22.3. The van der Waals surface area contributed by atoms with Crippen LogP contribution in [0.4, 0.5) is 39.5 Å². The minimum Gasteiger partial charge on any atom is -0.475 e. The third kappa shape index (κ3) is 14.8. The maximum atomic E-state index is 10.6. The summed E-state index contributed by atoms with van der Waals surface area (Å²) in [5, 5.41) is 24.6. The molecule has 2 aromatic heterocycles. The lowest BCUT2D eigenvalue weighted by Crippen LogP contribution is -2.56. The molecular formula is C23H26F9N3O8S. The van der Waals surface area contributed by atoms with E-state index in [1.807, 2.05) is 12.3 Å². The highest BCUT2D eigenvalue weighted by Gasteiger charge is 2.41. The molecule has 21 heteroatoms. The normalized spacial score (nSPS) is 17.2. The van der Waals surface area contributed by atoms with Crippen molar-refractivity contribution in [3.63, 3.8) is 0 Å². The SMILES string of the molecule is O=C(O)C(F)(F)F.O=C(O)C(F)(F)F.O=C(O)C(F)(F)F.c1coc(CN2CCC3(CC2)CN(Cc2nccs2)CCO3)c1. The van der Waals surface area contributed by atoms with Crippen molar-refractivity contribution in [2.45, 2.75) is 50.1 Å². The summed E-state index contributed by atoms with van der Waals surface area (Å²) in [6.45, 7) is 6.89. The average molecular weight is 676 g/mol. The second kappa shape index (κ2) is 16.6. The van der Waals surface area contributed by atoms with Crippen LogP contribution in [0.2, 0.25) is 0 Å². The zero-order chi connectivity index (χ0) is 33.8. The number of piperidine rings is 1. The number of aliphatic carboxylic acids is 3. The quantitative estimate of drug-likeness (QED) is 0.393. The molecule has 0 aromatic carbocycles. The third-order valence-corrected chi connectivity index (χ3v) is 6.39. The molecule has 4 heterocycles. The Hall–Kier alpha value is -3.43. The minimum absolute atomic E-state index is 0.0369. The zero-order valence-corrected chi connectivity index (χ0v) is 23.1. The molecule has 2 fully saturated rings. The van der Waals surface area contributed by atoms with E-state index in [2.05, 4.69) is 26.2 Å². The van der Waals surface area contributed by atoms with Crippen molar-refractivity contribution in [1.82, 2.24) is 14.8 Å². The van der Waals surface area contributed by atoms with Crippen molar-refractivity contribution in [1.29, 1.82) is 0 Å². The Balaban J connectivity index is 0.000000379. The van der Waals surface area contributed by atoms with Gasteiger partial charge in [-0.25, -0.2) is 19.4 Å². The highest BCUT2D eigenvalue weighted by Crippen LogP contribution is 2.31. The number of hydrogen-bond donors (Lipinski definition) is 3. The van der Waals surface area contributed by atoms with Gasteiger partial charge in [-0.05, 0) is 25.0 Å². The summed E-state index contributed by atoms with van der Waals surface area (Å²) < 4.78 is 107. The molecule has 0 radical (unpaired) electrons. The van der Waals surface area contributed by atoms with Gasteiger partial charge in [0.2, 0.25) is 0 Å². The second-order valence-corrected chi connectivity index (χ2v) is 9.91. The second-order valence-electron chi connectivity index (χ2n) is 8.93. The van der Waals surface area contributed by atoms with E-state index < -0.39 is 36.4 Å². The largest absolute Gasteiger partial charge is 0.490 e. The predicted molar refractivity (Wildman–Crippen MR) is 130 cm³/mol. The first kappa shape index (κ1) is 38.6. The molecule has 0 saturated carbocycles. The number of hydrogen-bond acceptors (Lipinski definition) is 9. The summed E-state index contributed by atoms with van der Waals surface area (Å²) in [7, 11) is 0. The fraction of sp³-hybridized carbons (Fsp3) is 0.565. The Labute approximate surface area is 246 Å². The molecule has 2 aromatic rings. The first-order valence-electron chi connectivity index (χ1n) is 12.0. The van der Waals surface area contributed by atoms with Crippen molar-refractivity contribution < 1.29 is 78.4 Å². The van der Waals surface area contributed by atoms with Crippen molar-refractivity contribution in [3.05, 3.63) is 40.7 Å². The molecule has 0 bridgehead atoms. The van der Waals surface area contributed by atoms with Crippen LogP contribution in [-0.4, -0.2) is 105 Å². The number of furan rings is 1. The number of nitrogens with zero attached hydrogens (tertiary/aromatic N) is 3. The molecule has 3 N–H and O–H groups in total. The third-order valence-electron chi connectivity index (χ3n) is 5.62. The molecule has 2 saturated heterocycles. The smallest absolute Gasteiger partial charge is 0.475 e. The number of ether oxygens (including phenoxy) is 1. The van der Waals surface area contributed by atoms with Crippen LogP contribution in [0.15, 0.2) is 34.4 Å². The van der Waals surface area contributed by atoms with Crippen LogP contribution in [0.5, 0.6) is 0 Å². The van der Waals surface area contributed by atoms with Crippen molar-refractivity contribution in [2.75, 3.05) is 32.8 Å². The van der Waals surface area contributed by atoms with Crippen molar-refractivity contribution in [2.24, 2.45) is 0 Å². The molecule has 0 unspecified atom stereocenters. The monoisotopic (exact) mass is 675 g/mol. The summed E-state index contributed by atoms with van der Waals surface area (Å²) in [5.41, 5.74) is 0.0369. The molecule has 2 aliphatic rings.